The molecule has 1 saturated heterocycles. The van der Waals surface area contributed by atoms with E-state index in [4.69, 9.17) is 28.6 Å². The van der Waals surface area contributed by atoms with E-state index >= 15 is 0 Å². The van der Waals surface area contributed by atoms with Crippen LogP contribution in [-0.2, 0) is 4.79 Å². The Balaban J connectivity index is 1.91. The Morgan fingerprint density at radius 2 is 1.96 bits per heavy atom. The third-order valence-electron chi connectivity index (χ3n) is 5.25. The van der Waals surface area contributed by atoms with Crippen LogP contribution in [-0.4, -0.2) is 35.7 Å². The van der Waals surface area contributed by atoms with Crippen molar-refractivity contribution >= 4 is 56.5 Å². The van der Waals surface area contributed by atoms with Crippen molar-refractivity contribution in [1.29, 1.82) is 0 Å². The van der Waals surface area contributed by atoms with E-state index in [1.807, 2.05) is 48.2 Å². The SMILES string of the molecule is CN(C)C(=O)C1C2NC(=S)N(c3ccc(Br)cc3)C1(C)Oc1ccc(Cl)cc12. The van der Waals surface area contributed by atoms with Crippen molar-refractivity contribution in [3.63, 3.8) is 0 Å². The summed E-state index contributed by atoms with van der Waals surface area (Å²) in [5.74, 6) is 0.121. The Kier molecular flexibility index (Phi) is 4.80. The van der Waals surface area contributed by atoms with Gasteiger partial charge < -0.3 is 15.0 Å². The van der Waals surface area contributed by atoms with E-state index < -0.39 is 11.6 Å². The molecular formula is C20H19BrClN3O2S. The van der Waals surface area contributed by atoms with Gasteiger partial charge in [-0.15, -0.1) is 0 Å². The Hall–Kier alpha value is -1.83. The topological polar surface area (TPSA) is 44.8 Å². The molecule has 2 heterocycles. The van der Waals surface area contributed by atoms with Gasteiger partial charge in [0.2, 0.25) is 5.91 Å². The third kappa shape index (κ3) is 2.96. The van der Waals surface area contributed by atoms with Gasteiger partial charge in [-0.05, 0) is 61.6 Å². The number of carbonyl (C=O) groups excluding carboxylic acids is 1. The molecule has 3 unspecified atom stereocenters. The lowest BCUT2D eigenvalue weighted by Gasteiger charge is -2.56. The van der Waals surface area contributed by atoms with E-state index in [0.717, 1.165) is 15.7 Å². The molecule has 5 nitrogen and oxygen atoms in total. The molecule has 1 fully saturated rings. The van der Waals surface area contributed by atoms with Gasteiger partial charge >= 0.3 is 0 Å². The fourth-order valence-electron chi connectivity index (χ4n) is 3.99. The minimum atomic E-state index is -0.997. The van der Waals surface area contributed by atoms with E-state index in [1.165, 1.54) is 0 Å². The molecular weight excluding hydrogens is 462 g/mol. The Bertz CT molecular complexity index is 968. The summed E-state index contributed by atoms with van der Waals surface area (Å²) >= 11 is 15.4. The van der Waals surface area contributed by atoms with E-state index in [1.54, 1.807) is 25.1 Å². The highest BCUT2D eigenvalue weighted by molar-refractivity contribution is 9.10. The zero-order chi connectivity index (χ0) is 20.2. The molecule has 2 aliphatic rings. The molecule has 0 aromatic heterocycles. The van der Waals surface area contributed by atoms with Crippen LogP contribution in [0.3, 0.4) is 0 Å². The van der Waals surface area contributed by atoms with Crippen molar-refractivity contribution in [1.82, 2.24) is 10.2 Å². The van der Waals surface area contributed by atoms with Gasteiger partial charge in [0.25, 0.3) is 0 Å². The van der Waals surface area contributed by atoms with Gasteiger partial charge in [-0.25, -0.2) is 0 Å². The van der Waals surface area contributed by atoms with E-state index in [0.29, 0.717) is 15.9 Å². The van der Waals surface area contributed by atoms with Crippen molar-refractivity contribution in [2.45, 2.75) is 18.7 Å². The number of nitrogens with zero attached hydrogens (tertiary/aromatic N) is 2. The van der Waals surface area contributed by atoms with Crippen LogP contribution in [0.4, 0.5) is 5.69 Å². The summed E-state index contributed by atoms with van der Waals surface area (Å²) < 4.78 is 7.44. The van der Waals surface area contributed by atoms with E-state index in [-0.39, 0.29) is 11.9 Å². The van der Waals surface area contributed by atoms with Gasteiger partial charge in [0.1, 0.15) is 11.7 Å². The highest BCUT2D eigenvalue weighted by atomic mass is 79.9. The van der Waals surface area contributed by atoms with Crippen LogP contribution >= 0.6 is 39.7 Å². The van der Waals surface area contributed by atoms with E-state index in [9.17, 15) is 4.79 Å². The van der Waals surface area contributed by atoms with Gasteiger partial charge in [0, 0.05) is 34.8 Å². The van der Waals surface area contributed by atoms with Crippen molar-refractivity contribution in [3.8, 4) is 5.75 Å². The number of hydrogen-bond acceptors (Lipinski definition) is 3. The number of ether oxygens (including phenoxy) is 1. The average Bonchev–Trinajstić information content (AvgIpc) is 2.63. The number of thiocarbonyl (C=S) groups is 1. The van der Waals surface area contributed by atoms with Crippen LogP contribution < -0.4 is 15.0 Å². The van der Waals surface area contributed by atoms with Crippen LogP contribution in [0.15, 0.2) is 46.9 Å². The zero-order valence-electron chi connectivity index (χ0n) is 15.6. The molecule has 28 heavy (non-hydrogen) atoms. The molecule has 2 aliphatic heterocycles. The van der Waals surface area contributed by atoms with E-state index in [2.05, 4.69) is 21.2 Å². The summed E-state index contributed by atoms with van der Waals surface area (Å²) in [5.41, 5.74) is 0.682. The summed E-state index contributed by atoms with van der Waals surface area (Å²) in [7, 11) is 3.49. The molecule has 0 saturated carbocycles. The first-order valence-corrected chi connectivity index (χ1v) is 10.4. The normalized spacial score (nSPS) is 25.5. The fraction of sp³-hybridized carbons (Fsp3) is 0.300. The quantitative estimate of drug-likeness (QED) is 0.648. The maximum atomic E-state index is 13.2. The molecule has 2 aromatic rings. The van der Waals surface area contributed by atoms with Gasteiger partial charge in [-0.1, -0.05) is 27.5 Å². The highest BCUT2D eigenvalue weighted by Crippen LogP contribution is 2.50. The van der Waals surface area contributed by atoms with Crippen molar-refractivity contribution < 1.29 is 9.53 Å². The lowest BCUT2D eigenvalue weighted by molar-refractivity contribution is -0.144. The van der Waals surface area contributed by atoms with Gasteiger partial charge in [0.05, 0.1) is 6.04 Å². The van der Waals surface area contributed by atoms with Gasteiger partial charge in [0.15, 0.2) is 10.8 Å². The van der Waals surface area contributed by atoms with Gasteiger partial charge in [-0.3, -0.25) is 9.69 Å². The fourth-order valence-corrected chi connectivity index (χ4v) is 4.85. The Morgan fingerprint density at radius 1 is 1.29 bits per heavy atom. The monoisotopic (exact) mass is 479 g/mol. The zero-order valence-corrected chi connectivity index (χ0v) is 18.7. The Morgan fingerprint density at radius 3 is 2.61 bits per heavy atom. The first-order chi connectivity index (χ1) is 13.2. The van der Waals surface area contributed by atoms with Crippen molar-refractivity contribution in [2.75, 3.05) is 19.0 Å². The number of anilines is 1. The van der Waals surface area contributed by atoms with Crippen molar-refractivity contribution in [3.05, 3.63) is 57.5 Å². The molecule has 0 radical (unpaired) electrons. The number of benzene rings is 2. The minimum absolute atomic E-state index is 0.0461. The summed E-state index contributed by atoms with van der Waals surface area (Å²) in [4.78, 5) is 16.7. The maximum absolute atomic E-state index is 13.2. The Labute approximate surface area is 182 Å². The number of rotatable bonds is 2. The molecule has 4 rings (SSSR count). The first kappa shape index (κ1) is 19.5. The second-order valence-electron chi connectivity index (χ2n) is 7.29. The van der Waals surface area contributed by atoms with Crippen LogP contribution in [0.2, 0.25) is 5.02 Å². The summed E-state index contributed by atoms with van der Waals surface area (Å²) in [6.45, 7) is 1.92. The number of hydrogen-bond donors (Lipinski definition) is 1. The van der Waals surface area contributed by atoms with Crippen LogP contribution in [0.25, 0.3) is 0 Å². The lowest BCUT2D eigenvalue weighted by Crippen LogP contribution is -2.72. The van der Waals surface area contributed by atoms with Crippen LogP contribution in [0.1, 0.15) is 18.5 Å². The number of fused-ring (bicyclic) bond motifs is 4. The summed E-state index contributed by atoms with van der Waals surface area (Å²) in [6.07, 6.45) is 0. The molecule has 1 amide bonds. The second kappa shape index (κ2) is 6.90. The first-order valence-electron chi connectivity index (χ1n) is 8.78. The van der Waals surface area contributed by atoms with Crippen LogP contribution in [0.5, 0.6) is 5.75 Å². The van der Waals surface area contributed by atoms with Crippen LogP contribution in [0, 0.1) is 5.92 Å². The molecule has 8 heteroatoms. The third-order valence-corrected chi connectivity index (χ3v) is 6.32. The molecule has 0 aliphatic carbocycles. The van der Waals surface area contributed by atoms with Crippen molar-refractivity contribution in [2.24, 2.45) is 5.92 Å². The summed E-state index contributed by atoms with van der Waals surface area (Å²) in [5, 5.41) is 4.46. The lowest BCUT2D eigenvalue weighted by atomic mass is 9.78. The maximum Gasteiger partial charge on any atom is 0.233 e. The second-order valence-corrected chi connectivity index (χ2v) is 9.03. The average molecular weight is 481 g/mol. The molecule has 2 aromatic carbocycles. The predicted octanol–water partition coefficient (Wildman–Crippen LogP) is 4.35. The predicted molar refractivity (Wildman–Crippen MR) is 118 cm³/mol. The minimum Gasteiger partial charge on any atom is -0.467 e. The molecule has 0 spiro atoms. The molecule has 146 valence electrons. The standard InChI is InChI=1S/C20H19BrClN3O2S/c1-20-16(18(26)24(2)3)17(14-10-12(22)6-9-15(14)27-20)23-19(28)25(20)13-7-4-11(21)5-8-13/h4-10,16-17H,1-3H3,(H,23,28). The molecule has 2 bridgehead atoms. The largest absolute Gasteiger partial charge is 0.467 e. The molecule has 1 N–H and O–H groups in total. The highest BCUT2D eigenvalue weighted by Gasteiger charge is 2.59. The number of amides is 1. The smallest absolute Gasteiger partial charge is 0.233 e. The summed E-state index contributed by atoms with van der Waals surface area (Å²) in [6, 6.07) is 12.9. The van der Waals surface area contributed by atoms with Gasteiger partial charge in [-0.2, -0.15) is 0 Å². The molecule has 3 atom stereocenters. The number of carbonyl (C=O) groups is 1. The number of nitrogens with one attached hydrogen (secondary N) is 1. The number of halogens is 2.